The number of aldehydes is 1. The van der Waals surface area contributed by atoms with Gasteiger partial charge in [-0.3, -0.25) is 4.68 Å². The van der Waals surface area contributed by atoms with Gasteiger partial charge >= 0.3 is 0 Å². The lowest BCUT2D eigenvalue weighted by Crippen LogP contribution is -2.00. The number of rotatable bonds is 2. The Morgan fingerprint density at radius 1 is 1.40 bits per heavy atom. The molecule has 2 aromatic heterocycles. The van der Waals surface area contributed by atoms with Crippen LogP contribution < -0.4 is 0 Å². The fourth-order valence-corrected chi connectivity index (χ4v) is 1.84. The van der Waals surface area contributed by atoms with Crippen molar-refractivity contribution in [2.45, 2.75) is 6.54 Å². The Morgan fingerprint density at radius 2 is 2.33 bits per heavy atom. The van der Waals surface area contributed by atoms with Gasteiger partial charge in [-0.15, -0.1) is 0 Å². The lowest BCUT2D eigenvalue weighted by atomic mass is 10.2. The zero-order valence-corrected chi connectivity index (χ0v) is 7.88. The number of furan rings is 1. The first-order chi connectivity index (χ1) is 7.40. The molecule has 0 unspecified atom stereocenters. The van der Waals surface area contributed by atoms with E-state index in [0.717, 1.165) is 28.2 Å². The molecule has 0 saturated heterocycles. The maximum absolute atomic E-state index is 10.5. The summed E-state index contributed by atoms with van der Waals surface area (Å²) in [6, 6.07) is 5.74. The second-order valence-electron chi connectivity index (χ2n) is 3.33. The summed E-state index contributed by atoms with van der Waals surface area (Å²) < 4.78 is 6.98. The predicted molar refractivity (Wildman–Crippen MR) is 55.6 cm³/mol. The minimum absolute atomic E-state index is 0.272. The number of benzene rings is 1. The molecule has 4 heteroatoms. The summed E-state index contributed by atoms with van der Waals surface area (Å²) in [7, 11) is 0. The van der Waals surface area contributed by atoms with Gasteiger partial charge in [0.2, 0.25) is 0 Å². The third-order valence-corrected chi connectivity index (χ3v) is 2.48. The van der Waals surface area contributed by atoms with Crippen LogP contribution in [0.3, 0.4) is 0 Å². The average Bonchev–Trinajstić information content (AvgIpc) is 2.83. The highest BCUT2D eigenvalue weighted by Gasteiger charge is 2.08. The lowest BCUT2D eigenvalue weighted by molar-refractivity contribution is -0.108. The summed E-state index contributed by atoms with van der Waals surface area (Å²) in [5, 5.41) is 6.17. The molecule has 0 fully saturated rings. The maximum atomic E-state index is 10.5. The highest BCUT2D eigenvalue weighted by Crippen LogP contribution is 2.25. The number of nitrogens with zero attached hydrogens (tertiary/aromatic N) is 2. The molecule has 0 bridgehead atoms. The van der Waals surface area contributed by atoms with Gasteiger partial charge in [-0.05, 0) is 18.2 Å². The predicted octanol–water partition coefficient (Wildman–Crippen LogP) is 1.98. The van der Waals surface area contributed by atoms with Gasteiger partial charge < -0.3 is 9.21 Å². The summed E-state index contributed by atoms with van der Waals surface area (Å²) in [5.74, 6) is 0. The summed E-state index contributed by atoms with van der Waals surface area (Å²) in [6.45, 7) is 0.272. The number of hydrogen-bond donors (Lipinski definition) is 0. The fourth-order valence-electron chi connectivity index (χ4n) is 1.84. The van der Waals surface area contributed by atoms with Crippen LogP contribution in [0.4, 0.5) is 0 Å². The van der Waals surface area contributed by atoms with E-state index in [1.54, 1.807) is 17.1 Å². The van der Waals surface area contributed by atoms with Crippen molar-refractivity contribution in [3.8, 4) is 0 Å². The van der Waals surface area contributed by atoms with E-state index in [4.69, 9.17) is 4.42 Å². The standard InChI is InChI=1S/C11H8N2O2/c14-5-4-13-11-8(7-12-13)1-2-10-9(11)3-6-15-10/h1-3,5-7H,4H2. The van der Waals surface area contributed by atoms with Gasteiger partial charge in [0, 0.05) is 10.8 Å². The highest BCUT2D eigenvalue weighted by atomic mass is 16.3. The van der Waals surface area contributed by atoms with Crippen molar-refractivity contribution in [3.05, 3.63) is 30.7 Å². The third kappa shape index (κ3) is 1.08. The van der Waals surface area contributed by atoms with E-state index in [-0.39, 0.29) is 6.54 Å². The molecule has 74 valence electrons. The van der Waals surface area contributed by atoms with Gasteiger partial charge in [0.25, 0.3) is 0 Å². The molecule has 0 atom stereocenters. The quantitative estimate of drug-likeness (QED) is 0.594. The Kier molecular flexibility index (Phi) is 1.62. The van der Waals surface area contributed by atoms with Crippen molar-refractivity contribution in [2.24, 2.45) is 0 Å². The molecule has 0 aliphatic heterocycles. The van der Waals surface area contributed by atoms with Gasteiger partial charge in [0.15, 0.2) is 0 Å². The number of fused-ring (bicyclic) bond motifs is 3. The number of hydrogen-bond acceptors (Lipinski definition) is 3. The van der Waals surface area contributed by atoms with Crippen LogP contribution in [-0.2, 0) is 11.3 Å². The van der Waals surface area contributed by atoms with E-state index < -0.39 is 0 Å². The van der Waals surface area contributed by atoms with Gasteiger partial charge in [0.1, 0.15) is 11.9 Å². The molecule has 0 aliphatic carbocycles. The van der Waals surface area contributed by atoms with Crippen LogP contribution in [0.5, 0.6) is 0 Å². The smallest absolute Gasteiger partial charge is 0.141 e. The molecule has 0 N–H and O–H groups in total. The molecule has 0 radical (unpaired) electrons. The van der Waals surface area contributed by atoms with Crippen molar-refractivity contribution in [3.63, 3.8) is 0 Å². The second-order valence-corrected chi connectivity index (χ2v) is 3.33. The topological polar surface area (TPSA) is 48.0 Å². The van der Waals surface area contributed by atoms with Crippen molar-refractivity contribution in [1.82, 2.24) is 9.78 Å². The second kappa shape index (κ2) is 2.95. The third-order valence-electron chi connectivity index (χ3n) is 2.48. The zero-order valence-electron chi connectivity index (χ0n) is 7.88. The number of aromatic nitrogens is 2. The molecule has 4 nitrogen and oxygen atoms in total. The van der Waals surface area contributed by atoms with Gasteiger partial charge in [-0.25, -0.2) is 0 Å². The van der Waals surface area contributed by atoms with Crippen molar-refractivity contribution in [1.29, 1.82) is 0 Å². The van der Waals surface area contributed by atoms with Crippen LogP contribution in [-0.4, -0.2) is 16.1 Å². The Labute approximate surface area is 85.1 Å². The van der Waals surface area contributed by atoms with E-state index in [0.29, 0.717) is 0 Å². The molecule has 2 heterocycles. The molecular formula is C11H8N2O2. The normalized spacial score (nSPS) is 11.2. The first-order valence-electron chi connectivity index (χ1n) is 4.65. The lowest BCUT2D eigenvalue weighted by Gasteiger charge is -1.98. The summed E-state index contributed by atoms with van der Waals surface area (Å²) in [4.78, 5) is 10.5. The van der Waals surface area contributed by atoms with Crippen LogP contribution in [0, 0.1) is 0 Å². The van der Waals surface area contributed by atoms with Gasteiger partial charge in [0.05, 0.1) is 24.5 Å². The van der Waals surface area contributed by atoms with Gasteiger partial charge in [-0.2, -0.15) is 5.10 Å². The average molecular weight is 200 g/mol. The van der Waals surface area contributed by atoms with Crippen LogP contribution >= 0.6 is 0 Å². The Bertz CT molecular complexity index is 636. The molecular weight excluding hydrogens is 192 g/mol. The van der Waals surface area contributed by atoms with Crippen LogP contribution in [0.25, 0.3) is 21.9 Å². The first kappa shape index (κ1) is 8.23. The monoisotopic (exact) mass is 200 g/mol. The van der Waals surface area contributed by atoms with Gasteiger partial charge in [-0.1, -0.05) is 0 Å². The Hall–Kier alpha value is -2.10. The van der Waals surface area contributed by atoms with Crippen molar-refractivity contribution >= 4 is 28.2 Å². The Balaban J connectivity index is 2.46. The van der Waals surface area contributed by atoms with E-state index in [2.05, 4.69) is 5.10 Å². The minimum Gasteiger partial charge on any atom is -0.464 e. The molecule has 0 aliphatic rings. The van der Waals surface area contributed by atoms with E-state index in [9.17, 15) is 4.79 Å². The molecule has 0 amide bonds. The first-order valence-corrected chi connectivity index (χ1v) is 4.65. The summed E-state index contributed by atoms with van der Waals surface area (Å²) in [6.07, 6.45) is 4.24. The zero-order chi connectivity index (χ0) is 10.3. The highest BCUT2D eigenvalue weighted by molar-refractivity contribution is 6.03. The molecule has 15 heavy (non-hydrogen) atoms. The minimum atomic E-state index is 0.272. The summed E-state index contributed by atoms with van der Waals surface area (Å²) in [5.41, 5.74) is 1.77. The molecule has 1 aromatic carbocycles. The SMILES string of the molecule is O=CCn1ncc2ccc3occc3c21. The number of carbonyl (C=O) groups is 1. The summed E-state index contributed by atoms with van der Waals surface area (Å²) >= 11 is 0. The van der Waals surface area contributed by atoms with E-state index >= 15 is 0 Å². The largest absolute Gasteiger partial charge is 0.464 e. The van der Waals surface area contributed by atoms with Crippen LogP contribution in [0.2, 0.25) is 0 Å². The van der Waals surface area contributed by atoms with E-state index in [1.165, 1.54) is 0 Å². The van der Waals surface area contributed by atoms with E-state index in [1.807, 2.05) is 18.2 Å². The molecule has 0 saturated carbocycles. The maximum Gasteiger partial charge on any atom is 0.141 e. The molecule has 3 rings (SSSR count). The fraction of sp³-hybridized carbons (Fsp3) is 0.0909. The molecule has 3 aromatic rings. The molecule has 0 spiro atoms. The van der Waals surface area contributed by atoms with Crippen LogP contribution in [0.1, 0.15) is 0 Å². The van der Waals surface area contributed by atoms with Crippen LogP contribution in [0.15, 0.2) is 35.1 Å². The van der Waals surface area contributed by atoms with Crippen molar-refractivity contribution < 1.29 is 9.21 Å². The Morgan fingerprint density at radius 3 is 3.20 bits per heavy atom. The number of carbonyl (C=O) groups excluding carboxylic acids is 1. The van der Waals surface area contributed by atoms with Crippen molar-refractivity contribution in [2.75, 3.05) is 0 Å².